The van der Waals surface area contributed by atoms with Gasteiger partial charge in [0.05, 0.1) is 25.8 Å². The summed E-state index contributed by atoms with van der Waals surface area (Å²) in [6.45, 7) is 7.34. The lowest BCUT2D eigenvalue weighted by molar-refractivity contribution is -0.884. The van der Waals surface area contributed by atoms with Crippen molar-refractivity contribution in [2.24, 2.45) is 11.8 Å². The lowest BCUT2D eigenvalue weighted by Crippen LogP contribution is -3.10. The molecular weight excluding hydrogens is 550 g/mol. The van der Waals surface area contributed by atoms with Gasteiger partial charge in [0.2, 0.25) is 12.7 Å². The van der Waals surface area contributed by atoms with Crippen LogP contribution in [0, 0.1) is 11.8 Å². The van der Waals surface area contributed by atoms with E-state index >= 15 is 0 Å². The molecule has 0 spiro atoms. The summed E-state index contributed by atoms with van der Waals surface area (Å²) in [5.74, 6) is 0.118. The van der Waals surface area contributed by atoms with Gasteiger partial charge in [-0.1, -0.05) is 37.3 Å². The second-order valence-electron chi connectivity index (χ2n) is 11.3. The summed E-state index contributed by atoms with van der Waals surface area (Å²) >= 11 is 1.32. The zero-order valence-corrected chi connectivity index (χ0v) is 25.5. The Hall–Kier alpha value is -2.62. The molecule has 10 heteroatoms. The van der Waals surface area contributed by atoms with Gasteiger partial charge >= 0.3 is 12.1 Å². The average Bonchev–Trinajstić information content (AvgIpc) is 3.35. The third kappa shape index (κ3) is 8.21. The number of anilines is 1. The number of nitrogens with one attached hydrogen (secondary N) is 2. The van der Waals surface area contributed by atoms with Gasteiger partial charge < -0.3 is 37.0 Å². The quantitative estimate of drug-likeness (QED) is 0.359. The van der Waals surface area contributed by atoms with Crippen LogP contribution in [0.5, 0.6) is 0 Å². The monoisotopic (exact) mass is 591 g/mol. The minimum absolute atomic E-state index is 0. The summed E-state index contributed by atoms with van der Waals surface area (Å²) in [5.41, 5.74) is 1.59. The maximum Gasteiger partial charge on any atom is 0.410 e. The van der Waals surface area contributed by atoms with Crippen molar-refractivity contribution in [1.82, 2.24) is 5.32 Å². The number of rotatable bonds is 8. The Balaban J connectivity index is 0.00000441. The molecule has 2 aromatic rings. The third-order valence-corrected chi connectivity index (χ3v) is 8.93. The number of likely N-dealkylation sites (tertiary alicyclic amines) is 1. The molecule has 220 valence electrons. The van der Waals surface area contributed by atoms with Gasteiger partial charge in [-0.15, -0.1) is 11.3 Å². The number of carbonyl (C=O) groups excluding carboxylic acids is 3. The van der Waals surface area contributed by atoms with Crippen molar-refractivity contribution in [2.75, 3.05) is 31.8 Å². The molecule has 2 fully saturated rings. The highest BCUT2D eigenvalue weighted by Crippen LogP contribution is 2.41. The second-order valence-corrected chi connectivity index (χ2v) is 12.4. The molecule has 1 saturated heterocycles. The predicted molar refractivity (Wildman–Crippen MR) is 153 cm³/mol. The van der Waals surface area contributed by atoms with Crippen molar-refractivity contribution >= 4 is 35.0 Å². The first kappa shape index (κ1) is 31.9. The highest BCUT2D eigenvalue weighted by atomic mass is 35.5. The third-order valence-electron chi connectivity index (χ3n) is 7.78. The zero-order valence-electron chi connectivity index (χ0n) is 23.9. The number of alkyl carbamates (subject to hydrolysis) is 1. The van der Waals surface area contributed by atoms with Crippen LogP contribution in [-0.2, 0) is 14.3 Å². The summed E-state index contributed by atoms with van der Waals surface area (Å²) in [7, 11) is 2.18. The van der Waals surface area contributed by atoms with E-state index in [0.717, 1.165) is 62.1 Å². The number of esters is 1. The Labute approximate surface area is 247 Å². The molecule has 2 amide bonds. The molecule has 1 aliphatic heterocycles. The van der Waals surface area contributed by atoms with Crippen LogP contribution < -0.4 is 27.5 Å². The Kier molecular flexibility index (Phi) is 11.8. The van der Waals surface area contributed by atoms with Gasteiger partial charge in [-0.2, -0.15) is 0 Å². The Morgan fingerprint density at radius 3 is 2.30 bits per heavy atom. The normalized spacial score (nSPS) is 22.6. The largest absolute Gasteiger partial charge is 1.00 e. The number of benzene rings is 1. The summed E-state index contributed by atoms with van der Waals surface area (Å²) in [6.07, 6.45) is 4.96. The minimum atomic E-state index is -0.647. The highest BCUT2D eigenvalue weighted by molar-refractivity contribution is 7.18. The number of piperidine rings is 1. The highest BCUT2D eigenvalue weighted by Gasteiger charge is 2.38. The standard InChI is InChI=1S/C30H41N3O5S.ClH/c1-20(2)31-30(36)38-19-37-29(35)27-25(18-26(39-27)22-8-6-5-7-9-22)33(24-14-16-32(4)17-15-24)28(34)23-12-10-21(3)11-13-23;/h5-9,18,20-21,23-24H,10-17,19H2,1-4H3,(H,31,36);1H. The van der Waals surface area contributed by atoms with Crippen molar-refractivity contribution in [3.8, 4) is 10.4 Å². The number of nitrogens with zero attached hydrogens (tertiary/aromatic N) is 1. The average molecular weight is 592 g/mol. The fraction of sp³-hybridized carbons (Fsp3) is 0.567. The van der Waals surface area contributed by atoms with E-state index in [-0.39, 0.29) is 36.3 Å². The maximum atomic E-state index is 14.2. The van der Waals surface area contributed by atoms with Crippen LogP contribution in [0.1, 0.15) is 69.0 Å². The molecule has 1 aromatic heterocycles. The van der Waals surface area contributed by atoms with E-state index in [1.54, 1.807) is 0 Å². The van der Waals surface area contributed by atoms with E-state index < -0.39 is 18.9 Å². The summed E-state index contributed by atoms with van der Waals surface area (Å²) in [5, 5.41) is 2.61. The molecule has 0 atom stereocenters. The molecule has 1 aromatic carbocycles. The van der Waals surface area contributed by atoms with Gasteiger partial charge in [-0.05, 0) is 57.1 Å². The van der Waals surface area contributed by atoms with Crippen LogP contribution in [0.25, 0.3) is 10.4 Å². The number of hydrogen-bond donors (Lipinski definition) is 2. The van der Waals surface area contributed by atoms with Crippen molar-refractivity contribution in [3.05, 3.63) is 41.3 Å². The van der Waals surface area contributed by atoms with E-state index in [1.165, 1.54) is 16.2 Å². The SMILES string of the molecule is CC1CCC(C(=O)N(c2cc(-c3ccccc3)sc2C(=O)OCOC(=O)NC(C)C)C2CC[NH+](C)CC2)CC1.[Cl-]. The smallest absolute Gasteiger partial charge is 0.410 e. The van der Waals surface area contributed by atoms with Crippen LogP contribution in [0.3, 0.4) is 0 Å². The maximum absolute atomic E-state index is 14.2. The van der Waals surface area contributed by atoms with Gasteiger partial charge in [0.25, 0.3) is 0 Å². The van der Waals surface area contributed by atoms with Crippen molar-refractivity contribution in [1.29, 1.82) is 0 Å². The molecule has 8 nitrogen and oxygen atoms in total. The summed E-state index contributed by atoms with van der Waals surface area (Å²) < 4.78 is 10.5. The number of hydrogen-bond acceptors (Lipinski definition) is 6. The molecule has 4 rings (SSSR count). The van der Waals surface area contributed by atoms with Crippen molar-refractivity contribution in [2.45, 2.75) is 71.4 Å². The number of quaternary nitrogens is 1. The number of halogens is 1. The van der Waals surface area contributed by atoms with Crippen LogP contribution in [0.2, 0.25) is 0 Å². The van der Waals surface area contributed by atoms with E-state index in [1.807, 2.05) is 55.1 Å². The van der Waals surface area contributed by atoms with Crippen LogP contribution in [-0.4, -0.2) is 57.0 Å². The van der Waals surface area contributed by atoms with E-state index in [2.05, 4.69) is 19.3 Å². The van der Waals surface area contributed by atoms with Crippen LogP contribution >= 0.6 is 11.3 Å². The van der Waals surface area contributed by atoms with Crippen molar-refractivity contribution < 1.29 is 41.2 Å². The van der Waals surface area contributed by atoms with E-state index in [0.29, 0.717) is 16.5 Å². The lowest BCUT2D eigenvalue weighted by atomic mass is 9.82. The van der Waals surface area contributed by atoms with Gasteiger partial charge in [0, 0.05) is 35.7 Å². The molecule has 1 saturated carbocycles. The molecule has 40 heavy (non-hydrogen) atoms. The first-order chi connectivity index (χ1) is 18.7. The van der Waals surface area contributed by atoms with E-state index in [9.17, 15) is 14.4 Å². The van der Waals surface area contributed by atoms with Gasteiger partial charge in [0.1, 0.15) is 4.88 Å². The summed E-state index contributed by atoms with van der Waals surface area (Å²) in [4.78, 5) is 44.2. The van der Waals surface area contributed by atoms with Gasteiger partial charge in [-0.25, -0.2) is 9.59 Å². The summed E-state index contributed by atoms with van der Waals surface area (Å²) in [6, 6.07) is 11.8. The second kappa shape index (κ2) is 14.8. The number of carbonyl (C=O) groups is 3. The Morgan fingerprint density at radius 1 is 1.02 bits per heavy atom. The molecule has 0 unspecified atom stereocenters. The Morgan fingerprint density at radius 2 is 1.68 bits per heavy atom. The first-order valence-electron chi connectivity index (χ1n) is 14.2. The molecule has 0 radical (unpaired) electrons. The number of ether oxygens (including phenoxy) is 2. The molecule has 1 aliphatic carbocycles. The molecule has 2 N–H and O–H groups in total. The predicted octanol–water partition coefficient (Wildman–Crippen LogP) is 1.50. The topological polar surface area (TPSA) is 89.4 Å². The molecular formula is C30H42ClN3O5S. The molecule has 0 bridgehead atoms. The van der Waals surface area contributed by atoms with E-state index in [4.69, 9.17) is 9.47 Å². The fourth-order valence-electron chi connectivity index (χ4n) is 5.48. The van der Waals surface area contributed by atoms with Crippen LogP contribution in [0.4, 0.5) is 10.5 Å². The Bertz CT molecular complexity index is 1130. The van der Waals surface area contributed by atoms with Gasteiger partial charge in [-0.3, -0.25) is 4.79 Å². The zero-order chi connectivity index (χ0) is 27.9. The molecule has 2 aliphatic rings. The van der Waals surface area contributed by atoms with Crippen LogP contribution in [0.15, 0.2) is 36.4 Å². The first-order valence-corrected chi connectivity index (χ1v) is 15.0. The fourth-order valence-corrected chi connectivity index (χ4v) is 6.53. The lowest BCUT2D eigenvalue weighted by Gasteiger charge is -2.38. The number of amides is 2. The van der Waals surface area contributed by atoms with Gasteiger partial charge in [0.15, 0.2) is 0 Å². The number of thiophene rings is 1. The molecule has 2 heterocycles. The van der Waals surface area contributed by atoms with Crippen molar-refractivity contribution in [3.63, 3.8) is 0 Å². The minimum Gasteiger partial charge on any atom is -1.00 e.